The normalized spacial score (nSPS) is 18.5. The molecule has 0 N–H and O–H groups in total. The molecule has 0 saturated carbocycles. The topological polar surface area (TPSA) is 51.7 Å². The van der Waals surface area contributed by atoms with Gasteiger partial charge in [0.2, 0.25) is 12.7 Å². The van der Waals surface area contributed by atoms with Crippen LogP contribution in [-0.4, -0.2) is 29.1 Å². The van der Waals surface area contributed by atoms with E-state index in [4.69, 9.17) is 26.1 Å². The second-order valence-corrected chi connectivity index (χ2v) is 8.25. The van der Waals surface area contributed by atoms with Crippen molar-refractivity contribution in [2.45, 2.75) is 18.9 Å². The molecule has 0 radical (unpaired) electrons. The molecule has 3 heterocycles. The van der Waals surface area contributed by atoms with Gasteiger partial charge in [0, 0.05) is 12.6 Å². The number of benzene rings is 2. The standard InChI is InChI=1S/C21H17ClN2O3S/c22-14-10-13(11-17-20(14)27-12-26-17)7-8-19(25)24-9-3-5-16(24)21-23-15-4-1-2-6-18(15)28-21/h1-2,4,6-8,10-11,16H,3,5,9,12H2. The molecule has 2 aromatic carbocycles. The van der Waals surface area contributed by atoms with Crippen LogP contribution in [0.3, 0.4) is 0 Å². The van der Waals surface area contributed by atoms with E-state index < -0.39 is 0 Å². The summed E-state index contributed by atoms with van der Waals surface area (Å²) in [6.45, 7) is 0.907. The number of hydrogen-bond acceptors (Lipinski definition) is 5. The first-order chi connectivity index (χ1) is 13.7. The summed E-state index contributed by atoms with van der Waals surface area (Å²) in [5.74, 6) is 1.14. The Balaban J connectivity index is 1.37. The number of amides is 1. The van der Waals surface area contributed by atoms with Gasteiger partial charge in [-0.25, -0.2) is 4.98 Å². The van der Waals surface area contributed by atoms with Crippen LogP contribution in [0.15, 0.2) is 42.5 Å². The first-order valence-corrected chi connectivity index (χ1v) is 10.3. The molecule has 1 atom stereocenters. The van der Waals surface area contributed by atoms with Crippen molar-refractivity contribution in [3.8, 4) is 11.5 Å². The maximum Gasteiger partial charge on any atom is 0.247 e. The van der Waals surface area contributed by atoms with E-state index in [-0.39, 0.29) is 18.7 Å². The maximum absolute atomic E-state index is 12.9. The summed E-state index contributed by atoms with van der Waals surface area (Å²) in [6, 6.07) is 11.7. The first kappa shape index (κ1) is 17.5. The summed E-state index contributed by atoms with van der Waals surface area (Å²) in [5, 5.41) is 1.49. The van der Waals surface area contributed by atoms with Gasteiger partial charge in [0.1, 0.15) is 5.01 Å². The quantitative estimate of drug-likeness (QED) is 0.564. The highest BCUT2D eigenvalue weighted by Crippen LogP contribution is 2.40. The van der Waals surface area contributed by atoms with E-state index in [0.717, 1.165) is 40.2 Å². The van der Waals surface area contributed by atoms with Crippen molar-refractivity contribution in [2.24, 2.45) is 0 Å². The number of para-hydroxylation sites is 1. The molecule has 0 aliphatic carbocycles. The van der Waals surface area contributed by atoms with Crippen LogP contribution >= 0.6 is 22.9 Å². The van der Waals surface area contributed by atoms with Gasteiger partial charge in [0.15, 0.2) is 11.5 Å². The van der Waals surface area contributed by atoms with Crippen molar-refractivity contribution < 1.29 is 14.3 Å². The molecule has 7 heteroatoms. The Morgan fingerprint density at radius 1 is 1.29 bits per heavy atom. The van der Waals surface area contributed by atoms with Gasteiger partial charge in [0.05, 0.1) is 21.3 Å². The third-order valence-electron chi connectivity index (χ3n) is 5.00. The number of hydrogen-bond donors (Lipinski definition) is 0. The van der Waals surface area contributed by atoms with E-state index >= 15 is 0 Å². The Hall–Kier alpha value is -2.57. The second kappa shape index (κ2) is 7.11. The summed E-state index contributed by atoms with van der Waals surface area (Å²) in [7, 11) is 0. The Morgan fingerprint density at radius 3 is 3.07 bits per heavy atom. The fourth-order valence-corrected chi connectivity index (χ4v) is 5.06. The summed E-state index contributed by atoms with van der Waals surface area (Å²) >= 11 is 7.89. The lowest BCUT2D eigenvalue weighted by Gasteiger charge is -2.21. The van der Waals surface area contributed by atoms with Crippen molar-refractivity contribution in [1.29, 1.82) is 0 Å². The van der Waals surface area contributed by atoms with Crippen LogP contribution in [0, 0.1) is 0 Å². The summed E-state index contributed by atoms with van der Waals surface area (Å²) < 4.78 is 11.9. The fourth-order valence-electron chi connectivity index (χ4n) is 3.67. The smallest absolute Gasteiger partial charge is 0.247 e. The van der Waals surface area contributed by atoms with Gasteiger partial charge in [-0.1, -0.05) is 23.7 Å². The number of carbonyl (C=O) groups is 1. The maximum atomic E-state index is 12.9. The van der Waals surface area contributed by atoms with Crippen LogP contribution in [0.25, 0.3) is 16.3 Å². The third-order valence-corrected chi connectivity index (χ3v) is 6.42. The molecule has 5 nitrogen and oxygen atoms in total. The van der Waals surface area contributed by atoms with E-state index in [9.17, 15) is 4.79 Å². The van der Waals surface area contributed by atoms with Crippen LogP contribution in [-0.2, 0) is 4.79 Å². The number of likely N-dealkylation sites (tertiary alicyclic amines) is 1. The summed E-state index contributed by atoms with van der Waals surface area (Å²) in [5.41, 5.74) is 1.80. The van der Waals surface area contributed by atoms with Gasteiger partial charge in [-0.05, 0) is 48.7 Å². The highest BCUT2D eigenvalue weighted by atomic mass is 35.5. The lowest BCUT2D eigenvalue weighted by molar-refractivity contribution is -0.126. The molecule has 5 rings (SSSR count). The Morgan fingerprint density at radius 2 is 2.18 bits per heavy atom. The molecule has 2 aliphatic heterocycles. The minimum absolute atomic E-state index is 0.0180. The van der Waals surface area contributed by atoms with Gasteiger partial charge in [-0.15, -0.1) is 11.3 Å². The molecular weight excluding hydrogens is 396 g/mol. The molecule has 0 bridgehead atoms. The van der Waals surface area contributed by atoms with Crippen molar-refractivity contribution in [3.63, 3.8) is 0 Å². The molecular formula is C21H17ClN2O3S. The van der Waals surface area contributed by atoms with E-state index in [2.05, 4.69) is 6.07 Å². The van der Waals surface area contributed by atoms with E-state index in [0.29, 0.717) is 16.5 Å². The first-order valence-electron chi connectivity index (χ1n) is 9.12. The number of rotatable bonds is 3. The van der Waals surface area contributed by atoms with Crippen LogP contribution < -0.4 is 9.47 Å². The molecule has 1 aromatic heterocycles. The predicted molar refractivity (Wildman–Crippen MR) is 110 cm³/mol. The zero-order chi connectivity index (χ0) is 19.1. The molecule has 1 unspecified atom stereocenters. The van der Waals surface area contributed by atoms with Crippen LogP contribution in [0.1, 0.15) is 29.5 Å². The van der Waals surface area contributed by atoms with E-state index in [1.807, 2.05) is 29.2 Å². The predicted octanol–water partition coefficient (Wildman–Crippen LogP) is 5.06. The van der Waals surface area contributed by atoms with Crippen LogP contribution in [0.2, 0.25) is 5.02 Å². The molecule has 1 fully saturated rings. The van der Waals surface area contributed by atoms with Gasteiger partial charge >= 0.3 is 0 Å². The van der Waals surface area contributed by atoms with Crippen molar-refractivity contribution in [2.75, 3.05) is 13.3 Å². The van der Waals surface area contributed by atoms with Gasteiger partial charge in [-0.2, -0.15) is 0 Å². The van der Waals surface area contributed by atoms with E-state index in [1.165, 1.54) is 0 Å². The molecule has 1 saturated heterocycles. The molecule has 0 spiro atoms. The Kier molecular flexibility index (Phi) is 4.45. The molecule has 2 aliphatic rings. The average molecular weight is 413 g/mol. The second-order valence-electron chi connectivity index (χ2n) is 6.78. The summed E-state index contributed by atoms with van der Waals surface area (Å²) in [6.07, 6.45) is 5.29. The number of aromatic nitrogens is 1. The molecule has 3 aromatic rings. The largest absolute Gasteiger partial charge is 0.454 e. The molecule has 142 valence electrons. The zero-order valence-corrected chi connectivity index (χ0v) is 16.5. The number of halogens is 1. The minimum atomic E-state index is -0.0180. The van der Waals surface area contributed by atoms with Crippen LogP contribution in [0.4, 0.5) is 0 Å². The zero-order valence-electron chi connectivity index (χ0n) is 14.9. The number of thiazole rings is 1. The SMILES string of the molecule is O=C(C=Cc1cc(Cl)c2c(c1)OCO2)N1CCCC1c1nc2ccccc2s1. The number of nitrogens with zero attached hydrogens (tertiary/aromatic N) is 2. The lowest BCUT2D eigenvalue weighted by atomic mass is 10.2. The fraction of sp³-hybridized carbons (Fsp3) is 0.238. The van der Waals surface area contributed by atoms with Crippen LogP contribution in [0.5, 0.6) is 11.5 Å². The third kappa shape index (κ3) is 3.12. The monoisotopic (exact) mass is 412 g/mol. The summed E-state index contributed by atoms with van der Waals surface area (Å²) in [4.78, 5) is 19.5. The lowest BCUT2D eigenvalue weighted by Crippen LogP contribution is -2.28. The van der Waals surface area contributed by atoms with Gasteiger partial charge in [-0.3, -0.25) is 4.79 Å². The van der Waals surface area contributed by atoms with Gasteiger partial charge < -0.3 is 14.4 Å². The number of carbonyl (C=O) groups excluding carboxylic acids is 1. The highest BCUT2D eigenvalue weighted by molar-refractivity contribution is 7.18. The Labute approximate surface area is 171 Å². The molecule has 1 amide bonds. The van der Waals surface area contributed by atoms with Gasteiger partial charge in [0.25, 0.3) is 0 Å². The highest BCUT2D eigenvalue weighted by Gasteiger charge is 2.31. The minimum Gasteiger partial charge on any atom is -0.454 e. The van der Waals surface area contributed by atoms with E-state index in [1.54, 1.807) is 29.6 Å². The number of fused-ring (bicyclic) bond motifs is 2. The average Bonchev–Trinajstić information content (AvgIpc) is 3.43. The van der Waals surface area contributed by atoms with Crippen molar-refractivity contribution >= 4 is 45.1 Å². The van der Waals surface area contributed by atoms with Crippen molar-refractivity contribution in [3.05, 3.63) is 58.1 Å². The van der Waals surface area contributed by atoms with Crippen molar-refractivity contribution in [1.82, 2.24) is 9.88 Å². The number of ether oxygens (including phenoxy) is 2. The Bertz CT molecular complexity index is 1060. The molecule has 28 heavy (non-hydrogen) atoms.